The van der Waals surface area contributed by atoms with Crippen molar-refractivity contribution in [2.75, 3.05) is 18.0 Å². The van der Waals surface area contributed by atoms with Crippen molar-refractivity contribution < 1.29 is 14.3 Å². The van der Waals surface area contributed by atoms with E-state index in [2.05, 4.69) is 11.4 Å². The summed E-state index contributed by atoms with van der Waals surface area (Å²) >= 11 is 10.9. The zero-order chi connectivity index (χ0) is 17.3. The Morgan fingerprint density at radius 1 is 1.42 bits per heavy atom. The van der Waals surface area contributed by atoms with Gasteiger partial charge in [-0.05, 0) is 30.5 Å². The number of nitriles is 1. The number of halogens is 2. The molecule has 24 heavy (non-hydrogen) atoms. The van der Waals surface area contributed by atoms with Crippen LogP contribution in [-0.2, 0) is 14.9 Å². The van der Waals surface area contributed by atoms with E-state index in [1.54, 1.807) is 0 Å². The number of rotatable bonds is 5. The van der Waals surface area contributed by atoms with Crippen LogP contribution in [0.4, 0.5) is 10.5 Å². The molecule has 1 aromatic rings. The highest BCUT2D eigenvalue weighted by atomic mass is 35.5. The Kier molecular flexibility index (Phi) is 4.57. The molecule has 1 heterocycles. The van der Waals surface area contributed by atoms with Crippen molar-refractivity contribution in [2.45, 2.75) is 29.2 Å². The largest absolute Gasteiger partial charge is 0.442 e. The number of cyclic esters (lactones) is 1. The number of hydrogen-bond acceptors (Lipinski definition) is 4. The number of carbonyl (C=O) groups excluding carboxylic acids is 2. The lowest BCUT2D eigenvalue weighted by Crippen LogP contribution is -2.37. The van der Waals surface area contributed by atoms with Gasteiger partial charge in [-0.2, -0.15) is 5.26 Å². The van der Waals surface area contributed by atoms with Gasteiger partial charge in [0.1, 0.15) is 6.10 Å². The van der Waals surface area contributed by atoms with Gasteiger partial charge in [-0.3, -0.25) is 9.69 Å². The van der Waals surface area contributed by atoms with Gasteiger partial charge >= 0.3 is 6.09 Å². The summed E-state index contributed by atoms with van der Waals surface area (Å²) in [6, 6.07) is 9.71. The Labute approximate surface area is 149 Å². The van der Waals surface area contributed by atoms with E-state index in [-0.39, 0.29) is 12.0 Å². The number of nitrogens with zero attached hydrogens (tertiary/aromatic N) is 2. The average Bonchev–Trinajstić information content (AvgIpc) is 3.30. The summed E-state index contributed by atoms with van der Waals surface area (Å²) in [7, 11) is 0. The lowest BCUT2D eigenvalue weighted by Gasteiger charge is -2.14. The fourth-order valence-corrected chi connectivity index (χ4v) is 2.83. The number of hydrogen-bond donors (Lipinski definition) is 1. The molecule has 126 valence electrons. The second-order valence-electron chi connectivity index (χ2n) is 5.90. The molecule has 6 nitrogen and oxygen atoms in total. The lowest BCUT2D eigenvalue weighted by molar-refractivity contribution is -0.119. The Balaban J connectivity index is 1.62. The summed E-state index contributed by atoms with van der Waals surface area (Å²) in [5.41, 5.74) is 1.32. The van der Waals surface area contributed by atoms with Gasteiger partial charge in [-0.15, -0.1) is 0 Å². The molecular weight excluding hydrogens is 353 g/mol. The first-order valence-corrected chi connectivity index (χ1v) is 8.38. The monoisotopic (exact) mass is 367 g/mol. The molecule has 0 radical (unpaired) electrons. The van der Waals surface area contributed by atoms with Gasteiger partial charge in [-0.25, -0.2) is 4.79 Å². The number of amides is 2. The maximum Gasteiger partial charge on any atom is 0.414 e. The molecule has 0 spiro atoms. The van der Waals surface area contributed by atoms with Crippen LogP contribution < -0.4 is 10.2 Å². The van der Waals surface area contributed by atoms with Crippen LogP contribution in [0.3, 0.4) is 0 Å². The van der Waals surface area contributed by atoms with Gasteiger partial charge < -0.3 is 10.1 Å². The fraction of sp³-hybridized carbons (Fsp3) is 0.438. The Morgan fingerprint density at radius 3 is 2.62 bits per heavy atom. The van der Waals surface area contributed by atoms with Crippen LogP contribution >= 0.6 is 23.2 Å². The maximum absolute atomic E-state index is 12.0. The van der Waals surface area contributed by atoms with Crippen molar-refractivity contribution in [3.8, 4) is 6.07 Å². The van der Waals surface area contributed by atoms with Crippen molar-refractivity contribution in [2.24, 2.45) is 0 Å². The zero-order valence-electron chi connectivity index (χ0n) is 12.7. The Bertz CT molecular complexity index is 696. The summed E-state index contributed by atoms with van der Waals surface area (Å²) in [5.74, 6) is -0.525. The van der Waals surface area contributed by atoms with Gasteiger partial charge in [0.25, 0.3) is 5.91 Å². The quantitative estimate of drug-likeness (QED) is 0.810. The molecule has 2 aliphatic rings. The molecule has 1 aliphatic carbocycles. The van der Waals surface area contributed by atoms with Crippen LogP contribution in [0, 0.1) is 11.3 Å². The van der Waals surface area contributed by atoms with Gasteiger partial charge in [0.2, 0.25) is 0 Å². The van der Waals surface area contributed by atoms with E-state index in [4.69, 9.17) is 27.9 Å². The lowest BCUT2D eigenvalue weighted by atomic mass is 9.97. The maximum atomic E-state index is 12.0. The van der Waals surface area contributed by atoms with Crippen molar-refractivity contribution in [1.29, 1.82) is 5.26 Å². The summed E-state index contributed by atoms with van der Waals surface area (Å²) in [6.45, 7) is 0.462. The van der Waals surface area contributed by atoms with Crippen molar-refractivity contribution >= 4 is 40.9 Å². The molecule has 2 amide bonds. The molecule has 0 bridgehead atoms. The van der Waals surface area contributed by atoms with Crippen LogP contribution in [0.1, 0.15) is 18.4 Å². The molecule has 8 heteroatoms. The third-order valence-electron chi connectivity index (χ3n) is 4.27. The molecule has 0 unspecified atom stereocenters. The molecule has 1 aromatic carbocycles. The first-order valence-electron chi connectivity index (χ1n) is 7.51. The van der Waals surface area contributed by atoms with Crippen LogP contribution in [0.25, 0.3) is 0 Å². The first kappa shape index (κ1) is 16.9. The topological polar surface area (TPSA) is 82.4 Å². The molecule has 1 saturated heterocycles. The highest BCUT2D eigenvalue weighted by Crippen LogP contribution is 2.47. The van der Waals surface area contributed by atoms with Crippen molar-refractivity contribution in [3.63, 3.8) is 0 Å². The third-order valence-corrected chi connectivity index (χ3v) is 4.67. The predicted molar refractivity (Wildman–Crippen MR) is 89.1 cm³/mol. The van der Waals surface area contributed by atoms with Crippen molar-refractivity contribution in [3.05, 3.63) is 29.8 Å². The highest BCUT2D eigenvalue weighted by molar-refractivity contribution is 6.53. The Hall–Kier alpha value is -1.97. The fourth-order valence-electron chi connectivity index (χ4n) is 2.68. The first-order chi connectivity index (χ1) is 11.4. The third kappa shape index (κ3) is 3.28. The van der Waals surface area contributed by atoms with E-state index < -0.39 is 22.9 Å². The minimum Gasteiger partial charge on any atom is -0.442 e. The smallest absolute Gasteiger partial charge is 0.414 e. The zero-order valence-corrected chi connectivity index (χ0v) is 14.2. The van der Waals surface area contributed by atoms with Crippen LogP contribution in [0.5, 0.6) is 0 Å². The minimum absolute atomic E-state index is 0.145. The number of benzene rings is 1. The van der Waals surface area contributed by atoms with E-state index >= 15 is 0 Å². The van der Waals surface area contributed by atoms with Crippen molar-refractivity contribution in [1.82, 2.24) is 5.32 Å². The molecular formula is C16H15Cl2N3O3. The van der Waals surface area contributed by atoms with E-state index in [0.29, 0.717) is 12.2 Å². The van der Waals surface area contributed by atoms with Gasteiger partial charge in [-0.1, -0.05) is 35.3 Å². The van der Waals surface area contributed by atoms with E-state index in [9.17, 15) is 14.9 Å². The predicted octanol–water partition coefficient (Wildman–Crippen LogP) is 2.49. The second kappa shape index (κ2) is 6.50. The van der Waals surface area contributed by atoms with Crippen LogP contribution in [-0.4, -0.2) is 36.0 Å². The molecule has 0 aromatic heterocycles. The van der Waals surface area contributed by atoms with Gasteiger partial charge in [0.05, 0.1) is 24.6 Å². The molecule has 1 N–H and O–H groups in total. The summed E-state index contributed by atoms with van der Waals surface area (Å²) in [5, 5.41) is 11.7. The van der Waals surface area contributed by atoms with Gasteiger partial charge in [0, 0.05) is 5.69 Å². The Morgan fingerprint density at radius 2 is 2.08 bits per heavy atom. The number of ether oxygens (including phenoxy) is 1. The van der Waals surface area contributed by atoms with Crippen LogP contribution in [0.2, 0.25) is 0 Å². The standard InChI is InChI=1S/C16H15Cl2N3O3/c17-13(18)14(22)20-7-12-8-21(15(23)24-12)11-3-1-10(2-4-11)16(9-19)5-6-16/h1-4,12-13H,5-8H2,(H,20,22)/t12-/m0/s1. The summed E-state index contributed by atoms with van der Waals surface area (Å²) in [6.07, 6.45) is 0.801. The number of nitrogens with one attached hydrogen (secondary N) is 1. The second-order valence-corrected chi connectivity index (χ2v) is 7.00. The number of anilines is 1. The van der Waals surface area contributed by atoms with Crippen LogP contribution in [0.15, 0.2) is 24.3 Å². The van der Waals surface area contributed by atoms with E-state index in [1.165, 1.54) is 4.90 Å². The number of carbonyl (C=O) groups is 2. The highest BCUT2D eigenvalue weighted by Gasteiger charge is 2.45. The SMILES string of the molecule is N#CC1(c2ccc(N3C[C@H](CNC(=O)C(Cl)Cl)OC3=O)cc2)CC1. The average molecular weight is 368 g/mol. The molecule has 1 aliphatic heterocycles. The summed E-state index contributed by atoms with van der Waals surface area (Å²) < 4.78 is 5.22. The molecule has 2 fully saturated rings. The normalized spacial score (nSPS) is 21.3. The summed E-state index contributed by atoms with van der Waals surface area (Å²) in [4.78, 5) is 23.7. The minimum atomic E-state index is -1.15. The molecule has 1 atom stereocenters. The molecule has 3 rings (SSSR count). The van der Waals surface area contributed by atoms with E-state index in [1.807, 2.05) is 24.3 Å². The molecule has 1 saturated carbocycles. The number of alkyl halides is 2. The van der Waals surface area contributed by atoms with E-state index in [0.717, 1.165) is 18.4 Å². The van der Waals surface area contributed by atoms with Gasteiger partial charge in [0.15, 0.2) is 4.84 Å².